The Hall–Kier alpha value is -0.340. The summed E-state index contributed by atoms with van der Waals surface area (Å²) in [5.41, 5.74) is 1.26. The van der Waals surface area contributed by atoms with E-state index in [1.165, 1.54) is 44.2 Å². The minimum atomic E-state index is 0. The highest BCUT2D eigenvalue weighted by molar-refractivity contribution is 14.0. The molecule has 0 amide bonds. The minimum Gasteiger partial charge on any atom is -0.355 e. The maximum Gasteiger partial charge on any atom is 0.191 e. The van der Waals surface area contributed by atoms with Crippen LogP contribution >= 0.6 is 24.0 Å². The molecule has 0 aliphatic carbocycles. The number of hydrogen-bond acceptors (Lipinski definition) is 3. The molecule has 0 aromatic heterocycles. The molecule has 25 heavy (non-hydrogen) atoms. The third-order valence-electron chi connectivity index (χ3n) is 5.31. The zero-order valence-corrected chi connectivity index (χ0v) is 18.7. The first-order valence-corrected chi connectivity index (χ1v) is 9.70. The third kappa shape index (κ3) is 7.83. The van der Waals surface area contributed by atoms with Crippen LogP contribution < -0.4 is 10.6 Å². The molecule has 2 saturated heterocycles. The molecular formula is C19H38IN5. The fourth-order valence-electron chi connectivity index (χ4n) is 3.93. The van der Waals surface area contributed by atoms with Crippen LogP contribution in [0.4, 0.5) is 0 Å². The van der Waals surface area contributed by atoms with Gasteiger partial charge in [0.25, 0.3) is 0 Å². The van der Waals surface area contributed by atoms with E-state index in [2.05, 4.69) is 45.9 Å². The summed E-state index contributed by atoms with van der Waals surface area (Å²) in [7, 11) is 1.88. The van der Waals surface area contributed by atoms with Gasteiger partial charge in [-0.25, -0.2) is 0 Å². The number of guanidine groups is 1. The maximum absolute atomic E-state index is 4.43. The van der Waals surface area contributed by atoms with Crippen LogP contribution in [0.2, 0.25) is 0 Å². The van der Waals surface area contributed by atoms with E-state index in [0.717, 1.165) is 38.7 Å². The second-order valence-electron chi connectivity index (χ2n) is 7.38. The molecule has 0 aromatic rings. The number of rotatable bonds is 6. The van der Waals surface area contributed by atoms with Crippen LogP contribution in [0.15, 0.2) is 17.1 Å². The topological polar surface area (TPSA) is 42.9 Å². The second kappa shape index (κ2) is 12.1. The van der Waals surface area contributed by atoms with Crippen molar-refractivity contribution in [2.24, 2.45) is 4.99 Å². The Kier molecular flexibility index (Phi) is 11.0. The summed E-state index contributed by atoms with van der Waals surface area (Å²) in [5, 5.41) is 7.19. The van der Waals surface area contributed by atoms with E-state index in [4.69, 9.17) is 0 Å². The molecule has 2 rings (SSSR count). The van der Waals surface area contributed by atoms with Gasteiger partial charge in [-0.1, -0.05) is 25.5 Å². The van der Waals surface area contributed by atoms with E-state index >= 15 is 0 Å². The van der Waals surface area contributed by atoms with Crippen molar-refractivity contribution in [2.45, 2.75) is 58.0 Å². The van der Waals surface area contributed by atoms with Gasteiger partial charge in [0.15, 0.2) is 5.96 Å². The first kappa shape index (κ1) is 22.7. The molecule has 0 radical (unpaired) electrons. The Morgan fingerprint density at radius 2 is 1.88 bits per heavy atom. The number of hydrogen-bond donors (Lipinski definition) is 2. The van der Waals surface area contributed by atoms with Crippen molar-refractivity contribution in [3.63, 3.8) is 0 Å². The molecule has 2 aliphatic rings. The van der Waals surface area contributed by atoms with Crippen molar-refractivity contribution in [3.8, 4) is 0 Å². The summed E-state index contributed by atoms with van der Waals surface area (Å²) < 4.78 is 0. The number of nitrogens with one attached hydrogen (secondary N) is 2. The summed E-state index contributed by atoms with van der Waals surface area (Å²) in [6, 6.07) is 1.19. The zero-order chi connectivity index (χ0) is 17.4. The van der Waals surface area contributed by atoms with E-state index < -0.39 is 0 Å². The van der Waals surface area contributed by atoms with E-state index in [1.807, 2.05) is 7.05 Å². The van der Waals surface area contributed by atoms with E-state index in [-0.39, 0.29) is 24.0 Å². The van der Waals surface area contributed by atoms with Gasteiger partial charge in [-0.05, 0) is 45.7 Å². The van der Waals surface area contributed by atoms with Crippen LogP contribution in [-0.2, 0) is 0 Å². The number of nitrogens with zero attached hydrogens (tertiary/aromatic N) is 3. The Bertz CT molecular complexity index is 418. The van der Waals surface area contributed by atoms with Gasteiger partial charge in [0.2, 0.25) is 0 Å². The molecule has 2 N–H and O–H groups in total. The van der Waals surface area contributed by atoms with E-state index in [0.29, 0.717) is 12.1 Å². The lowest BCUT2D eigenvalue weighted by atomic mass is 10.0. The lowest BCUT2D eigenvalue weighted by molar-refractivity contribution is 0.157. The van der Waals surface area contributed by atoms with Crippen molar-refractivity contribution in [1.29, 1.82) is 0 Å². The molecule has 0 bridgehead atoms. The summed E-state index contributed by atoms with van der Waals surface area (Å²) in [6.45, 7) is 15.1. The van der Waals surface area contributed by atoms with Crippen molar-refractivity contribution in [2.75, 3.05) is 46.3 Å². The van der Waals surface area contributed by atoms with Gasteiger partial charge in [0.05, 0.1) is 0 Å². The number of aliphatic imine (C=N–C) groups is 1. The quantitative estimate of drug-likeness (QED) is 0.275. The van der Waals surface area contributed by atoms with Crippen LogP contribution in [0.3, 0.4) is 0 Å². The molecular weight excluding hydrogens is 425 g/mol. The van der Waals surface area contributed by atoms with E-state index in [1.54, 1.807) is 0 Å². The first-order chi connectivity index (χ1) is 11.6. The van der Waals surface area contributed by atoms with E-state index in [9.17, 15) is 0 Å². The van der Waals surface area contributed by atoms with Gasteiger partial charge in [0.1, 0.15) is 0 Å². The molecule has 2 heterocycles. The highest BCUT2D eigenvalue weighted by Gasteiger charge is 2.22. The monoisotopic (exact) mass is 463 g/mol. The molecule has 0 saturated carbocycles. The van der Waals surface area contributed by atoms with Gasteiger partial charge in [0, 0.05) is 45.3 Å². The molecule has 0 aromatic carbocycles. The predicted molar refractivity (Wildman–Crippen MR) is 119 cm³/mol. The average molecular weight is 463 g/mol. The smallest absolute Gasteiger partial charge is 0.191 e. The number of likely N-dealkylation sites (N-methyl/N-ethyl adjacent to an activating group) is 1. The highest BCUT2D eigenvalue weighted by atomic mass is 127. The molecule has 6 heteroatoms. The lowest BCUT2D eigenvalue weighted by Crippen LogP contribution is -2.52. The third-order valence-corrected chi connectivity index (χ3v) is 5.31. The Labute approximate surface area is 171 Å². The molecule has 5 nitrogen and oxygen atoms in total. The largest absolute Gasteiger partial charge is 0.355 e. The molecule has 146 valence electrons. The zero-order valence-electron chi connectivity index (χ0n) is 16.4. The molecule has 1 atom stereocenters. The van der Waals surface area contributed by atoms with Crippen LogP contribution in [0, 0.1) is 0 Å². The second-order valence-corrected chi connectivity index (χ2v) is 7.38. The van der Waals surface area contributed by atoms with Crippen molar-refractivity contribution in [1.82, 2.24) is 20.4 Å². The lowest BCUT2D eigenvalue weighted by Gasteiger charge is -2.36. The maximum atomic E-state index is 4.43. The Morgan fingerprint density at radius 3 is 2.48 bits per heavy atom. The normalized spacial score (nSPS) is 23.8. The van der Waals surface area contributed by atoms with Crippen molar-refractivity contribution in [3.05, 3.63) is 12.2 Å². The van der Waals surface area contributed by atoms with Gasteiger partial charge < -0.3 is 10.6 Å². The summed E-state index contributed by atoms with van der Waals surface area (Å²) in [5.74, 6) is 0.968. The number of halogens is 1. The van der Waals surface area contributed by atoms with Crippen LogP contribution in [0.25, 0.3) is 0 Å². The van der Waals surface area contributed by atoms with Gasteiger partial charge in [-0.3, -0.25) is 14.8 Å². The van der Waals surface area contributed by atoms with Crippen LogP contribution in [0.1, 0.15) is 46.0 Å². The van der Waals surface area contributed by atoms with Crippen molar-refractivity contribution < 1.29 is 0 Å². The highest BCUT2D eigenvalue weighted by Crippen LogP contribution is 2.16. The standard InChI is InChI=1S/C19H37N5.HI/c1-5-24-11-7-6-8-18(24)14-21-19(20-4)22-17-9-12-23(13-10-17)15-16(2)3;/h17-18H,2,5-15H2,1,3-4H3,(H2,20,21,22);1H. The molecule has 2 aliphatic heterocycles. The SMILES string of the molecule is C=C(C)CN1CCC(NC(=NC)NCC2CCCCN2CC)CC1.I. The minimum absolute atomic E-state index is 0. The fourth-order valence-corrected chi connectivity index (χ4v) is 3.93. The average Bonchev–Trinajstić information content (AvgIpc) is 2.59. The Morgan fingerprint density at radius 1 is 1.16 bits per heavy atom. The Balaban J connectivity index is 0.00000312. The number of likely N-dealkylation sites (tertiary alicyclic amines) is 2. The van der Waals surface area contributed by atoms with Gasteiger partial charge in [-0.15, -0.1) is 24.0 Å². The molecule has 1 unspecified atom stereocenters. The van der Waals surface area contributed by atoms with Crippen molar-refractivity contribution >= 4 is 29.9 Å². The fraction of sp³-hybridized carbons (Fsp3) is 0.842. The summed E-state index contributed by atoms with van der Waals surface area (Å²) >= 11 is 0. The summed E-state index contributed by atoms with van der Waals surface area (Å²) in [4.78, 5) is 9.53. The van der Waals surface area contributed by atoms with Gasteiger partial charge in [-0.2, -0.15) is 0 Å². The van der Waals surface area contributed by atoms with Crippen LogP contribution in [-0.4, -0.2) is 74.2 Å². The van der Waals surface area contributed by atoms with Gasteiger partial charge >= 0.3 is 0 Å². The predicted octanol–water partition coefficient (Wildman–Crippen LogP) is 2.68. The summed E-state index contributed by atoms with van der Waals surface area (Å²) in [6.07, 6.45) is 6.37. The van der Waals surface area contributed by atoms with Crippen LogP contribution in [0.5, 0.6) is 0 Å². The first-order valence-electron chi connectivity index (χ1n) is 9.70. The molecule has 2 fully saturated rings. The molecule has 0 spiro atoms. The number of piperidine rings is 2.